The van der Waals surface area contributed by atoms with Crippen LogP contribution in [0.3, 0.4) is 0 Å². The van der Waals surface area contributed by atoms with Crippen LogP contribution < -0.4 is 5.69 Å². The summed E-state index contributed by atoms with van der Waals surface area (Å²) in [7, 11) is 0. The van der Waals surface area contributed by atoms with Crippen LogP contribution in [-0.2, 0) is 19.4 Å². The molecule has 0 atom stereocenters. The molecule has 0 saturated heterocycles. The Balaban J connectivity index is 1.50. The van der Waals surface area contributed by atoms with Gasteiger partial charge >= 0.3 is 5.69 Å². The van der Waals surface area contributed by atoms with Gasteiger partial charge in [0.05, 0.1) is 12.2 Å². The number of unbranched alkanes of at least 4 members (excludes halogenated alkanes) is 1. The van der Waals surface area contributed by atoms with E-state index in [-0.39, 0.29) is 5.69 Å². The van der Waals surface area contributed by atoms with Crippen LogP contribution in [0.2, 0.25) is 0 Å². The molecule has 0 amide bonds. The van der Waals surface area contributed by atoms with E-state index in [2.05, 4.69) is 88.8 Å². The number of aromatic amines is 1. The second-order valence-electron chi connectivity index (χ2n) is 9.25. The van der Waals surface area contributed by atoms with Crippen molar-refractivity contribution in [1.29, 1.82) is 0 Å². The summed E-state index contributed by atoms with van der Waals surface area (Å²) in [6, 6.07) is 16.4. The summed E-state index contributed by atoms with van der Waals surface area (Å²) in [5.74, 6) is 0.526. The molecule has 0 fully saturated rings. The van der Waals surface area contributed by atoms with Gasteiger partial charge in [-0.15, -0.1) is 10.2 Å². The molecule has 37 heavy (non-hydrogen) atoms. The van der Waals surface area contributed by atoms with Crippen LogP contribution in [0.5, 0.6) is 0 Å². The number of nitrogens with one attached hydrogen (secondary N) is 1. The SMILES string of the molecule is CCCCc1cn(-c2c(C)cccc2CC)c(=O)n1Cc1ccc(-c2cnccc2-c2nn[nH]n2)cc1. The maximum absolute atomic E-state index is 13.7. The minimum atomic E-state index is 0.00540. The first-order valence-corrected chi connectivity index (χ1v) is 12.8. The van der Waals surface area contributed by atoms with Gasteiger partial charge in [-0.2, -0.15) is 5.21 Å². The molecule has 0 saturated carbocycles. The van der Waals surface area contributed by atoms with E-state index in [4.69, 9.17) is 0 Å². The highest BCUT2D eigenvalue weighted by atomic mass is 16.1. The first-order chi connectivity index (χ1) is 18.1. The summed E-state index contributed by atoms with van der Waals surface area (Å²) in [5, 5.41) is 14.4. The zero-order chi connectivity index (χ0) is 25.8. The standard InChI is InChI=1S/C29H31N7O/c1-4-6-10-24-19-36(27-20(3)8-7-9-22(27)5-2)29(37)35(24)18-21-11-13-23(14-12-21)26-17-30-16-15-25(26)28-31-33-34-32-28/h7-9,11-17,19H,4-6,10,18H2,1-3H3,(H,31,32,33,34). The molecule has 8 nitrogen and oxygen atoms in total. The van der Waals surface area contributed by atoms with Crippen molar-refractivity contribution >= 4 is 0 Å². The van der Waals surface area contributed by atoms with Gasteiger partial charge in [0.1, 0.15) is 0 Å². The van der Waals surface area contributed by atoms with Crippen molar-refractivity contribution < 1.29 is 0 Å². The topological polar surface area (TPSA) is 94.3 Å². The Morgan fingerprint density at radius 3 is 2.57 bits per heavy atom. The molecule has 0 spiro atoms. The Kier molecular flexibility index (Phi) is 7.07. The average molecular weight is 494 g/mol. The first-order valence-electron chi connectivity index (χ1n) is 12.8. The number of tetrazole rings is 1. The van der Waals surface area contributed by atoms with E-state index in [0.717, 1.165) is 64.9 Å². The number of H-pyrrole nitrogens is 1. The van der Waals surface area contributed by atoms with Crippen LogP contribution in [0.4, 0.5) is 0 Å². The maximum atomic E-state index is 13.7. The van der Waals surface area contributed by atoms with Crippen molar-refractivity contribution in [3.63, 3.8) is 0 Å². The van der Waals surface area contributed by atoms with Crippen molar-refractivity contribution in [2.75, 3.05) is 0 Å². The summed E-state index contributed by atoms with van der Waals surface area (Å²) in [4.78, 5) is 18.0. The average Bonchev–Trinajstić information content (AvgIpc) is 3.57. The molecule has 0 unspecified atom stereocenters. The number of hydrogen-bond acceptors (Lipinski definition) is 5. The number of aromatic nitrogens is 7. The molecule has 5 rings (SSSR count). The number of pyridine rings is 1. The van der Waals surface area contributed by atoms with Crippen molar-refractivity contribution in [3.8, 4) is 28.2 Å². The van der Waals surface area contributed by atoms with E-state index >= 15 is 0 Å². The lowest BCUT2D eigenvalue weighted by Crippen LogP contribution is -2.25. The van der Waals surface area contributed by atoms with E-state index in [9.17, 15) is 4.79 Å². The number of imidazole rings is 1. The van der Waals surface area contributed by atoms with E-state index in [1.54, 1.807) is 6.20 Å². The number of nitrogens with zero attached hydrogens (tertiary/aromatic N) is 6. The molecule has 188 valence electrons. The summed E-state index contributed by atoms with van der Waals surface area (Å²) >= 11 is 0. The van der Waals surface area contributed by atoms with Crippen molar-refractivity contribution in [2.45, 2.75) is 53.0 Å². The zero-order valence-corrected chi connectivity index (χ0v) is 21.5. The Hall–Kier alpha value is -4.33. The third kappa shape index (κ3) is 4.87. The van der Waals surface area contributed by atoms with Gasteiger partial charge in [-0.3, -0.25) is 14.1 Å². The van der Waals surface area contributed by atoms with E-state index in [1.165, 1.54) is 5.56 Å². The minimum absolute atomic E-state index is 0.00540. The van der Waals surface area contributed by atoms with Crippen LogP contribution in [0.25, 0.3) is 28.2 Å². The number of para-hydroxylation sites is 1. The fourth-order valence-corrected chi connectivity index (χ4v) is 4.83. The summed E-state index contributed by atoms with van der Waals surface area (Å²) in [6.45, 7) is 6.90. The largest absolute Gasteiger partial charge is 0.333 e. The van der Waals surface area contributed by atoms with Gasteiger partial charge in [0.25, 0.3) is 0 Å². The fraction of sp³-hybridized carbons (Fsp3) is 0.276. The smallest absolute Gasteiger partial charge is 0.292 e. The first kappa shape index (κ1) is 24.4. The number of benzene rings is 2. The highest BCUT2D eigenvalue weighted by molar-refractivity contribution is 5.79. The Morgan fingerprint density at radius 2 is 1.84 bits per heavy atom. The van der Waals surface area contributed by atoms with Crippen LogP contribution >= 0.6 is 0 Å². The molecular formula is C29H31N7O. The van der Waals surface area contributed by atoms with Gasteiger partial charge in [0.2, 0.25) is 5.82 Å². The molecule has 0 aliphatic rings. The zero-order valence-electron chi connectivity index (χ0n) is 21.5. The third-order valence-electron chi connectivity index (χ3n) is 6.80. The highest BCUT2D eigenvalue weighted by Gasteiger charge is 2.17. The molecular weight excluding hydrogens is 462 g/mol. The molecule has 3 heterocycles. The lowest BCUT2D eigenvalue weighted by Gasteiger charge is -2.11. The fourth-order valence-electron chi connectivity index (χ4n) is 4.83. The Morgan fingerprint density at radius 1 is 1.00 bits per heavy atom. The van der Waals surface area contributed by atoms with Gasteiger partial charge < -0.3 is 0 Å². The second kappa shape index (κ2) is 10.7. The normalized spacial score (nSPS) is 11.2. The van der Waals surface area contributed by atoms with Gasteiger partial charge in [0, 0.05) is 35.4 Å². The Labute approximate surface area is 216 Å². The van der Waals surface area contributed by atoms with Gasteiger partial charge in [0.15, 0.2) is 0 Å². The van der Waals surface area contributed by atoms with Crippen molar-refractivity contribution in [2.24, 2.45) is 0 Å². The summed E-state index contributed by atoms with van der Waals surface area (Å²) in [6.07, 6.45) is 9.43. The number of rotatable bonds is 9. The predicted octanol–water partition coefficient (Wildman–Crippen LogP) is 5.14. The molecule has 0 bridgehead atoms. The molecule has 8 heteroatoms. The maximum Gasteiger partial charge on any atom is 0.333 e. The van der Waals surface area contributed by atoms with Gasteiger partial charge in [-0.1, -0.05) is 62.7 Å². The van der Waals surface area contributed by atoms with Crippen LogP contribution in [-0.4, -0.2) is 34.7 Å². The molecule has 0 radical (unpaired) electrons. The van der Waals surface area contributed by atoms with Crippen molar-refractivity contribution in [3.05, 3.63) is 100.0 Å². The van der Waals surface area contributed by atoms with E-state index in [0.29, 0.717) is 12.4 Å². The van der Waals surface area contributed by atoms with Crippen LogP contribution in [0.15, 0.2) is 71.9 Å². The second-order valence-corrected chi connectivity index (χ2v) is 9.25. The summed E-state index contributed by atoms with van der Waals surface area (Å²) in [5.41, 5.74) is 8.21. The lowest BCUT2D eigenvalue weighted by atomic mass is 10.0. The molecule has 2 aromatic carbocycles. The Bertz CT molecular complexity index is 1550. The molecule has 0 aliphatic heterocycles. The van der Waals surface area contributed by atoms with Crippen molar-refractivity contribution in [1.82, 2.24) is 34.7 Å². The predicted molar refractivity (Wildman–Crippen MR) is 145 cm³/mol. The van der Waals surface area contributed by atoms with E-state index in [1.807, 2.05) is 27.6 Å². The van der Waals surface area contributed by atoms with Crippen LogP contribution in [0.1, 0.15) is 49.1 Å². The molecule has 3 aromatic heterocycles. The van der Waals surface area contributed by atoms with Crippen LogP contribution in [0, 0.1) is 6.92 Å². The number of hydrogen-bond donors (Lipinski definition) is 1. The quantitative estimate of drug-likeness (QED) is 0.307. The minimum Gasteiger partial charge on any atom is -0.292 e. The van der Waals surface area contributed by atoms with E-state index < -0.39 is 0 Å². The third-order valence-corrected chi connectivity index (χ3v) is 6.80. The molecule has 5 aromatic rings. The lowest BCUT2D eigenvalue weighted by molar-refractivity contribution is 0.673. The molecule has 1 N–H and O–H groups in total. The summed E-state index contributed by atoms with van der Waals surface area (Å²) < 4.78 is 3.77. The number of aryl methyl sites for hydroxylation is 3. The highest BCUT2D eigenvalue weighted by Crippen LogP contribution is 2.29. The van der Waals surface area contributed by atoms with Gasteiger partial charge in [-0.25, -0.2) is 4.79 Å². The molecule has 0 aliphatic carbocycles. The van der Waals surface area contributed by atoms with Gasteiger partial charge in [-0.05, 0) is 59.7 Å². The monoisotopic (exact) mass is 493 g/mol.